The standard InChI is InChI=1S/C22H34O2/c1-15-3-5-17(6-4-15)7-8-18-9-11-19(12-10-18)20-13-16(2)22(24)21(23)14-20/h13-15,17-19,23-24H,3-12H2,1-2H3. The van der Waals surface area contributed by atoms with Crippen molar-refractivity contribution in [3.63, 3.8) is 0 Å². The zero-order chi connectivity index (χ0) is 17.1. The van der Waals surface area contributed by atoms with Gasteiger partial charge >= 0.3 is 0 Å². The molecule has 0 spiro atoms. The van der Waals surface area contributed by atoms with Crippen LogP contribution in [0.4, 0.5) is 0 Å². The average Bonchev–Trinajstić information content (AvgIpc) is 2.59. The molecule has 0 atom stereocenters. The molecular weight excluding hydrogens is 296 g/mol. The van der Waals surface area contributed by atoms with Crippen LogP contribution in [0.3, 0.4) is 0 Å². The molecule has 2 aliphatic rings. The second kappa shape index (κ2) is 7.80. The molecule has 24 heavy (non-hydrogen) atoms. The fourth-order valence-electron chi connectivity index (χ4n) is 4.90. The zero-order valence-corrected chi connectivity index (χ0v) is 15.4. The van der Waals surface area contributed by atoms with Gasteiger partial charge in [-0.1, -0.05) is 51.5 Å². The zero-order valence-electron chi connectivity index (χ0n) is 15.4. The lowest BCUT2D eigenvalue weighted by molar-refractivity contribution is 0.237. The Morgan fingerprint density at radius 1 is 0.833 bits per heavy atom. The average molecular weight is 331 g/mol. The number of phenols is 2. The Kier molecular flexibility index (Phi) is 5.73. The smallest absolute Gasteiger partial charge is 0.160 e. The predicted octanol–water partition coefficient (Wildman–Crippen LogP) is 6.29. The third-order valence-corrected chi connectivity index (χ3v) is 6.74. The molecule has 0 aromatic heterocycles. The first-order valence-electron chi connectivity index (χ1n) is 10.1. The molecule has 2 N–H and O–H groups in total. The van der Waals surface area contributed by atoms with E-state index >= 15 is 0 Å². The first kappa shape index (κ1) is 17.6. The number of benzene rings is 1. The quantitative estimate of drug-likeness (QED) is 0.637. The van der Waals surface area contributed by atoms with Crippen LogP contribution in [0, 0.1) is 24.7 Å². The van der Waals surface area contributed by atoms with E-state index in [1.165, 1.54) is 69.8 Å². The number of hydrogen-bond acceptors (Lipinski definition) is 2. The molecule has 1 aromatic rings. The monoisotopic (exact) mass is 330 g/mol. The molecule has 0 saturated heterocycles. The molecule has 0 unspecified atom stereocenters. The Morgan fingerprint density at radius 3 is 1.92 bits per heavy atom. The normalized spacial score (nSPS) is 31.1. The molecule has 1 aromatic carbocycles. The van der Waals surface area contributed by atoms with Gasteiger partial charge in [-0.15, -0.1) is 0 Å². The second-order valence-electron chi connectivity index (χ2n) is 8.63. The molecule has 2 aliphatic carbocycles. The summed E-state index contributed by atoms with van der Waals surface area (Å²) in [4.78, 5) is 0. The summed E-state index contributed by atoms with van der Waals surface area (Å²) in [6, 6.07) is 3.83. The maximum atomic E-state index is 9.86. The van der Waals surface area contributed by atoms with Gasteiger partial charge in [-0.2, -0.15) is 0 Å². The highest BCUT2D eigenvalue weighted by Gasteiger charge is 2.25. The van der Waals surface area contributed by atoms with E-state index in [4.69, 9.17) is 0 Å². The maximum absolute atomic E-state index is 9.86. The largest absolute Gasteiger partial charge is 0.504 e. The van der Waals surface area contributed by atoms with Crippen LogP contribution < -0.4 is 0 Å². The van der Waals surface area contributed by atoms with Crippen LogP contribution in [0.25, 0.3) is 0 Å². The lowest BCUT2D eigenvalue weighted by Crippen LogP contribution is -2.17. The number of phenolic OH excluding ortho intramolecular Hbond substituents is 2. The van der Waals surface area contributed by atoms with Crippen molar-refractivity contribution in [3.8, 4) is 11.5 Å². The van der Waals surface area contributed by atoms with Crippen molar-refractivity contribution < 1.29 is 10.2 Å². The van der Waals surface area contributed by atoms with Crippen molar-refractivity contribution in [2.75, 3.05) is 0 Å². The maximum Gasteiger partial charge on any atom is 0.160 e. The van der Waals surface area contributed by atoms with Crippen LogP contribution in [0.5, 0.6) is 11.5 Å². The second-order valence-corrected chi connectivity index (χ2v) is 8.63. The molecule has 0 aliphatic heterocycles. The van der Waals surface area contributed by atoms with Crippen molar-refractivity contribution in [2.45, 2.75) is 84.0 Å². The lowest BCUT2D eigenvalue weighted by Gasteiger charge is -2.31. The molecular formula is C22H34O2. The molecule has 0 radical (unpaired) electrons. The number of aromatic hydroxyl groups is 2. The van der Waals surface area contributed by atoms with Crippen LogP contribution >= 0.6 is 0 Å². The molecule has 0 bridgehead atoms. The summed E-state index contributed by atoms with van der Waals surface area (Å²) >= 11 is 0. The van der Waals surface area contributed by atoms with Crippen LogP contribution in [-0.2, 0) is 0 Å². The van der Waals surface area contributed by atoms with E-state index in [-0.39, 0.29) is 11.5 Å². The molecule has 2 heteroatoms. The summed E-state index contributed by atoms with van der Waals surface area (Å²) in [6.07, 6.45) is 13.8. The van der Waals surface area contributed by atoms with E-state index in [2.05, 4.69) is 13.0 Å². The van der Waals surface area contributed by atoms with E-state index in [9.17, 15) is 10.2 Å². The van der Waals surface area contributed by atoms with Gasteiger partial charge in [-0.05, 0) is 73.5 Å². The van der Waals surface area contributed by atoms with Crippen LogP contribution in [0.1, 0.15) is 88.2 Å². The minimum Gasteiger partial charge on any atom is -0.504 e. The van der Waals surface area contributed by atoms with Gasteiger partial charge in [0.1, 0.15) is 0 Å². The molecule has 134 valence electrons. The summed E-state index contributed by atoms with van der Waals surface area (Å²) < 4.78 is 0. The van der Waals surface area contributed by atoms with Crippen LogP contribution in [-0.4, -0.2) is 10.2 Å². The fraction of sp³-hybridized carbons (Fsp3) is 0.727. The Bertz CT molecular complexity index is 512. The van der Waals surface area contributed by atoms with Crippen molar-refractivity contribution in [3.05, 3.63) is 23.3 Å². The topological polar surface area (TPSA) is 40.5 Å². The molecule has 2 saturated carbocycles. The fourth-order valence-corrected chi connectivity index (χ4v) is 4.90. The third-order valence-electron chi connectivity index (χ3n) is 6.74. The van der Waals surface area contributed by atoms with Crippen molar-refractivity contribution in [2.24, 2.45) is 17.8 Å². The summed E-state index contributed by atoms with van der Waals surface area (Å²) in [5.74, 6) is 3.50. The Morgan fingerprint density at radius 2 is 1.38 bits per heavy atom. The first-order valence-corrected chi connectivity index (χ1v) is 10.1. The highest BCUT2D eigenvalue weighted by Crippen LogP contribution is 2.42. The lowest BCUT2D eigenvalue weighted by atomic mass is 9.74. The van der Waals surface area contributed by atoms with Crippen LogP contribution in [0.15, 0.2) is 12.1 Å². The molecule has 0 heterocycles. The highest BCUT2D eigenvalue weighted by atomic mass is 16.3. The molecule has 0 amide bonds. The van der Waals surface area contributed by atoms with Gasteiger partial charge in [-0.25, -0.2) is 0 Å². The van der Waals surface area contributed by atoms with E-state index in [0.717, 1.165) is 23.3 Å². The van der Waals surface area contributed by atoms with E-state index in [0.29, 0.717) is 5.92 Å². The minimum atomic E-state index is 0.0363. The van der Waals surface area contributed by atoms with E-state index in [1.54, 1.807) is 6.07 Å². The van der Waals surface area contributed by atoms with Crippen molar-refractivity contribution in [1.29, 1.82) is 0 Å². The van der Waals surface area contributed by atoms with Gasteiger partial charge in [0.25, 0.3) is 0 Å². The van der Waals surface area contributed by atoms with Gasteiger partial charge in [0.05, 0.1) is 0 Å². The summed E-state index contributed by atoms with van der Waals surface area (Å²) in [7, 11) is 0. The highest BCUT2D eigenvalue weighted by molar-refractivity contribution is 5.47. The molecule has 2 fully saturated rings. The summed E-state index contributed by atoms with van der Waals surface area (Å²) in [5, 5.41) is 19.6. The van der Waals surface area contributed by atoms with Gasteiger partial charge in [0.15, 0.2) is 11.5 Å². The SMILES string of the molecule is Cc1cc(C2CCC(CCC3CCC(C)CC3)CC2)cc(O)c1O. The van der Waals surface area contributed by atoms with Gasteiger partial charge < -0.3 is 10.2 Å². The predicted molar refractivity (Wildman–Crippen MR) is 99.6 cm³/mol. The van der Waals surface area contributed by atoms with Gasteiger partial charge in [0.2, 0.25) is 0 Å². The number of hydrogen-bond donors (Lipinski definition) is 2. The molecule has 2 nitrogen and oxygen atoms in total. The Hall–Kier alpha value is -1.18. The van der Waals surface area contributed by atoms with E-state index in [1.807, 2.05) is 6.92 Å². The van der Waals surface area contributed by atoms with Crippen molar-refractivity contribution >= 4 is 0 Å². The Balaban J connectivity index is 1.46. The number of rotatable bonds is 4. The van der Waals surface area contributed by atoms with E-state index < -0.39 is 0 Å². The van der Waals surface area contributed by atoms with Gasteiger partial charge in [-0.3, -0.25) is 0 Å². The number of aryl methyl sites for hydroxylation is 1. The summed E-state index contributed by atoms with van der Waals surface area (Å²) in [5.41, 5.74) is 2.00. The Labute approximate surface area is 147 Å². The van der Waals surface area contributed by atoms with Crippen molar-refractivity contribution in [1.82, 2.24) is 0 Å². The minimum absolute atomic E-state index is 0.0363. The molecule has 3 rings (SSSR count). The van der Waals surface area contributed by atoms with Gasteiger partial charge in [0, 0.05) is 0 Å². The summed E-state index contributed by atoms with van der Waals surface area (Å²) in [6.45, 7) is 4.27. The van der Waals surface area contributed by atoms with Crippen LogP contribution in [0.2, 0.25) is 0 Å². The third kappa shape index (κ3) is 4.26. The first-order chi connectivity index (χ1) is 11.5.